The number of rotatable bonds is 2. The molecule has 0 heterocycles. The Balaban J connectivity index is 2.03. The molecule has 0 aliphatic heterocycles. The fourth-order valence-corrected chi connectivity index (χ4v) is 4.16. The molecule has 1 aromatic rings. The average Bonchev–Trinajstić information content (AvgIpc) is 2.37. The van der Waals surface area contributed by atoms with E-state index in [4.69, 9.17) is 11.6 Å². The number of halogens is 1. The molecule has 112 valence electrons. The van der Waals surface area contributed by atoms with Crippen molar-refractivity contribution in [2.45, 2.75) is 65.7 Å². The fourth-order valence-electron chi connectivity index (χ4n) is 3.67. The number of hydrogen-bond acceptors (Lipinski definition) is 0. The van der Waals surface area contributed by atoms with Crippen LogP contribution in [0.4, 0.5) is 0 Å². The summed E-state index contributed by atoms with van der Waals surface area (Å²) >= 11 is 6.80. The van der Waals surface area contributed by atoms with Crippen LogP contribution in [0.1, 0.15) is 68.5 Å². The molecule has 2 rings (SSSR count). The molecule has 20 heavy (non-hydrogen) atoms. The van der Waals surface area contributed by atoms with Gasteiger partial charge in [0.15, 0.2) is 0 Å². The van der Waals surface area contributed by atoms with E-state index in [1.807, 2.05) is 0 Å². The summed E-state index contributed by atoms with van der Waals surface area (Å²) in [6.45, 7) is 11.5. The van der Waals surface area contributed by atoms with Gasteiger partial charge in [0.1, 0.15) is 0 Å². The van der Waals surface area contributed by atoms with Crippen LogP contribution in [0.2, 0.25) is 0 Å². The zero-order chi connectivity index (χ0) is 14.9. The Kier molecular flexibility index (Phi) is 4.84. The normalized spacial score (nSPS) is 25.5. The van der Waals surface area contributed by atoms with E-state index in [0.717, 1.165) is 5.92 Å². The Bertz CT molecular complexity index is 447. The number of hydrogen-bond donors (Lipinski definition) is 0. The first kappa shape index (κ1) is 15.9. The maximum atomic E-state index is 6.80. The molecule has 0 aromatic heterocycles. The zero-order valence-electron chi connectivity index (χ0n) is 13.7. The van der Waals surface area contributed by atoms with E-state index in [1.54, 1.807) is 0 Å². The van der Waals surface area contributed by atoms with Gasteiger partial charge in [0.25, 0.3) is 0 Å². The summed E-state index contributed by atoms with van der Waals surface area (Å²) in [4.78, 5) is 0. The first-order chi connectivity index (χ1) is 9.29. The van der Waals surface area contributed by atoms with E-state index in [2.05, 4.69) is 52.8 Å². The molecule has 0 nitrogen and oxygen atoms in total. The standard InChI is InChI=1S/C19H29Cl/c1-13-6-11-17(14(2)12-13)18(20)15-7-9-16(10-8-15)19(3,4)5/h6,11-12,15-16,18H,7-10H2,1-5H3. The topological polar surface area (TPSA) is 0 Å². The van der Waals surface area contributed by atoms with Crippen molar-refractivity contribution in [2.75, 3.05) is 0 Å². The molecule has 0 spiro atoms. The lowest BCUT2D eigenvalue weighted by molar-refractivity contribution is 0.148. The number of benzene rings is 1. The van der Waals surface area contributed by atoms with Gasteiger partial charge in [-0.05, 0) is 67.9 Å². The summed E-state index contributed by atoms with van der Waals surface area (Å²) in [6, 6.07) is 6.68. The lowest BCUT2D eigenvalue weighted by Gasteiger charge is -2.38. The molecule has 1 fully saturated rings. The Morgan fingerprint density at radius 2 is 1.65 bits per heavy atom. The zero-order valence-corrected chi connectivity index (χ0v) is 14.4. The maximum absolute atomic E-state index is 6.80. The van der Waals surface area contributed by atoms with Crippen LogP contribution >= 0.6 is 11.6 Å². The minimum absolute atomic E-state index is 0.191. The molecule has 1 aliphatic carbocycles. The molecule has 0 radical (unpaired) electrons. The lowest BCUT2D eigenvalue weighted by Crippen LogP contribution is -2.27. The van der Waals surface area contributed by atoms with E-state index >= 15 is 0 Å². The third-order valence-electron chi connectivity index (χ3n) is 5.13. The summed E-state index contributed by atoms with van der Waals surface area (Å²) < 4.78 is 0. The van der Waals surface area contributed by atoms with Gasteiger partial charge < -0.3 is 0 Å². The molecule has 0 N–H and O–H groups in total. The molecular weight excluding hydrogens is 264 g/mol. The molecule has 0 amide bonds. The SMILES string of the molecule is Cc1ccc(C(Cl)C2CCC(C(C)(C)C)CC2)c(C)c1. The summed E-state index contributed by atoms with van der Waals surface area (Å²) in [5.74, 6) is 1.51. The van der Waals surface area contributed by atoms with Gasteiger partial charge in [-0.15, -0.1) is 11.6 Å². The predicted octanol–water partition coefficient (Wildman–Crippen LogP) is 6.44. The van der Waals surface area contributed by atoms with Crippen LogP contribution in [0.15, 0.2) is 18.2 Å². The van der Waals surface area contributed by atoms with Crippen molar-refractivity contribution in [1.82, 2.24) is 0 Å². The van der Waals surface area contributed by atoms with E-state index in [9.17, 15) is 0 Å². The van der Waals surface area contributed by atoms with Crippen molar-refractivity contribution in [3.63, 3.8) is 0 Å². The second-order valence-electron chi connectivity index (χ2n) is 7.74. The van der Waals surface area contributed by atoms with Crippen LogP contribution in [0.5, 0.6) is 0 Å². The van der Waals surface area contributed by atoms with Crippen LogP contribution in [0.25, 0.3) is 0 Å². The minimum Gasteiger partial charge on any atom is -0.118 e. The average molecular weight is 293 g/mol. The first-order valence-corrected chi connectivity index (χ1v) is 8.44. The molecular formula is C19H29Cl. The van der Waals surface area contributed by atoms with Crippen molar-refractivity contribution in [3.05, 3.63) is 34.9 Å². The highest BCUT2D eigenvalue weighted by atomic mass is 35.5. The fraction of sp³-hybridized carbons (Fsp3) is 0.684. The highest BCUT2D eigenvalue weighted by Crippen LogP contribution is 2.45. The van der Waals surface area contributed by atoms with Gasteiger partial charge in [-0.1, -0.05) is 44.5 Å². The Morgan fingerprint density at radius 3 is 2.15 bits per heavy atom. The van der Waals surface area contributed by atoms with Crippen molar-refractivity contribution >= 4 is 11.6 Å². The van der Waals surface area contributed by atoms with Crippen LogP contribution in [-0.2, 0) is 0 Å². The lowest BCUT2D eigenvalue weighted by atomic mass is 9.69. The third-order valence-corrected chi connectivity index (χ3v) is 5.72. The predicted molar refractivity (Wildman–Crippen MR) is 89.4 cm³/mol. The van der Waals surface area contributed by atoms with E-state index in [-0.39, 0.29) is 5.38 Å². The van der Waals surface area contributed by atoms with Gasteiger partial charge in [-0.25, -0.2) is 0 Å². The summed E-state index contributed by atoms with van der Waals surface area (Å²) in [5.41, 5.74) is 4.47. The van der Waals surface area contributed by atoms with Gasteiger partial charge in [-0.2, -0.15) is 0 Å². The second kappa shape index (κ2) is 6.10. The first-order valence-electron chi connectivity index (χ1n) is 8.00. The van der Waals surface area contributed by atoms with Gasteiger partial charge in [0, 0.05) is 0 Å². The Labute approximate surface area is 129 Å². The van der Waals surface area contributed by atoms with Crippen molar-refractivity contribution in [3.8, 4) is 0 Å². The van der Waals surface area contributed by atoms with E-state index in [1.165, 1.54) is 42.4 Å². The summed E-state index contributed by atoms with van der Waals surface area (Å²) in [5, 5.41) is 0.191. The Hall–Kier alpha value is -0.490. The van der Waals surface area contributed by atoms with E-state index in [0.29, 0.717) is 11.3 Å². The molecule has 1 heteroatoms. The smallest absolute Gasteiger partial charge is 0.0615 e. The second-order valence-corrected chi connectivity index (χ2v) is 8.21. The molecule has 1 saturated carbocycles. The van der Waals surface area contributed by atoms with Gasteiger partial charge >= 0.3 is 0 Å². The minimum atomic E-state index is 0.191. The van der Waals surface area contributed by atoms with Gasteiger partial charge in [0.05, 0.1) is 5.38 Å². The number of alkyl halides is 1. The van der Waals surface area contributed by atoms with Crippen LogP contribution in [0.3, 0.4) is 0 Å². The molecule has 1 aromatic carbocycles. The van der Waals surface area contributed by atoms with Crippen molar-refractivity contribution in [1.29, 1.82) is 0 Å². The van der Waals surface area contributed by atoms with Gasteiger partial charge in [-0.3, -0.25) is 0 Å². The quantitative estimate of drug-likeness (QED) is 0.551. The van der Waals surface area contributed by atoms with Crippen LogP contribution in [0, 0.1) is 31.1 Å². The van der Waals surface area contributed by atoms with Crippen molar-refractivity contribution < 1.29 is 0 Å². The maximum Gasteiger partial charge on any atom is 0.0615 e. The summed E-state index contributed by atoms with van der Waals surface area (Å²) in [7, 11) is 0. The summed E-state index contributed by atoms with van der Waals surface area (Å²) in [6.07, 6.45) is 5.23. The Morgan fingerprint density at radius 1 is 1.05 bits per heavy atom. The third kappa shape index (κ3) is 3.58. The molecule has 1 atom stereocenters. The number of aryl methyl sites for hydroxylation is 2. The monoisotopic (exact) mass is 292 g/mol. The molecule has 1 unspecified atom stereocenters. The van der Waals surface area contributed by atoms with Gasteiger partial charge in [0.2, 0.25) is 0 Å². The van der Waals surface area contributed by atoms with Crippen molar-refractivity contribution in [2.24, 2.45) is 17.3 Å². The highest BCUT2D eigenvalue weighted by Gasteiger charge is 2.33. The van der Waals surface area contributed by atoms with Crippen LogP contribution < -0.4 is 0 Å². The van der Waals surface area contributed by atoms with Crippen LogP contribution in [-0.4, -0.2) is 0 Å². The molecule has 0 bridgehead atoms. The highest BCUT2D eigenvalue weighted by molar-refractivity contribution is 6.21. The largest absolute Gasteiger partial charge is 0.118 e. The molecule has 1 aliphatic rings. The van der Waals surface area contributed by atoms with E-state index < -0.39 is 0 Å². The molecule has 0 saturated heterocycles.